The quantitative estimate of drug-likeness (QED) is 0.386. The number of ether oxygens (including phenoxy) is 2. The Morgan fingerprint density at radius 3 is 2.72 bits per heavy atom. The van der Waals surface area contributed by atoms with Crippen LogP contribution in [-0.4, -0.2) is 77.8 Å². The third-order valence-corrected chi connectivity index (χ3v) is 7.96. The van der Waals surface area contributed by atoms with Gasteiger partial charge in [-0.25, -0.2) is 9.18 Å². The minimum atomic E-state index is -0.490. The highest BCUT2D eigenvalue weighted by Gasteiger charge is 2.33. The van der Waals surface area contributed by atoms with E-state index in [1.165, 1.54) is 0 Å². The lowest BCUT2D eigenvalue weighted by Crippen LogP contribution is -2.55. The second kappa shape index (κ2) is 12.1. The minimum Gasteiger partial charge on any atom is -0.462 e. The summed E-state index contributed by atoms with van der Waals surface area (Å²) in [4.78, 5) is 27.9. The normalized spacial score (nSPS) is 19.7. The molecule has 204 valence electrons. The Hall–Kier alpha value is -3.49. The Morgan fingerprint density at radius 1 is 1.15 bits per heavy atom. The van der Waals surface area contributed by atoms with Crippen molar-refractivity contribution in [3.8, 4) is 12.1 Å². The number of anilines is 1. The monoisotopic (exact) mass is 596 g/mol. The summed E-state index contributed by atoms with van der Waals surface area (Å²) < 4.78 is 27.0. The van der Waals surface area contributed by atoms with Crippen LogP contribution in [0.1, 0.15) is 24.8 Å². The van der Waals surface area contributed by atoms with Crippen molar-refractivity contribution in [2.45, 2.75) is 38.0 Å². The van der Waals surface area contributed by atoms with E-state index in [4.69, 9.17) is 14.5 Å². The summed E-state index contributed by atoms with van der Waals surface area (Å²) in [5.74, 6) is 0.0251. The predicted molar refractivity (Wildman–Crippen MR) is 148 cm³/mol. The molecule has 2 aliphatic heterocycles. The van der Waals surface area contributed by atoms with E-state index in [1.807, 2.05) is 35.2 Å². The smallest absolute Gasteiger partial charge is 0.410 e. The maximum atomic E-state index is 15.2. The van der Waals surface area contributed by atoms with Crippen LogP contribution in [-0.2, 0) is 11.3 Å². The molecule has 3 aromatic rings. The van der Waals surface area contributed by atoms with Crippen LogP contribution in [0.3, 0.4) is 0 Å². The van der Waals surface area contributed by atoms with E-state index in [-0.39, 0.29) is 30.6 Å². The van der Waals surface area contributed by atoms with E-state index in [1.54, 1.807) is 17.0 Å². The third kappa shape index (κ3) is 6.07. The molecule has 0 bridgehead atoms. The standard InChI is InChI=1S/C28H30BrFN6O3/c1-34-13-5-8-21(34)18-38-27-32-25-22(9-10-23(29)24(25)30)26(33-27)35-14-15-36(20(16-35)11-12-31)28(37)39-17-19-6-3-2-4-7-19/h2-4,6-7,9-10,20-21H,5,8,11,13-18H2,1H3/t20-,21-/m0/s1. The van der Waals surface area contributed by atoms with Crippen molar-refractivity contribution in [1.29, 1.82) is 5.26 Å². The molecule has 2 aromatic carbocycles. The van der Waals surface area contributed by atoms with Crippen molar-refractivity contribution >= 4 is 38.7 Å². The highest BCUT2D eigenvalue weighted by molar-refractivity contribution is 9.10. The first-order valence-corrected chi connectivity index (χ1v) is 13.8. The zero-order valence-corrected chi connectivity index (χ0v) is 23.3. The SMILES string of the molecule is CN1CCC[C@H]1COc1nc(N2CCN(C(=O)OCc3ccccc3)[C@@H](CC#N)C2)c2ccc(Br)c(F)c2n1. The molecule has 0 unspecified atom stereocenters. The summed E-state index contributed by atoms with van der Waals surface area (Å²) in [7, 11) is 2.06. The molecule has 3 heterocycles. The van der Waals surface area contributed by atoms with Gasteiger partial charge >= 0.3 is 12.1 Å². The molecule has 2 atom stereocenters. The highest BCUT2D eigenvalue weighted by atomic mass is 79.9. The fourth-order valence-electron chi connectivity index (χ4n) is 5.14. The lowest BCUT2D eigenvalue weighted by Gasteiger charge is -2.40. The molecule has 5 rings (SSSR count). The summed E-state index contributed by atoms with van der Waals surface area (Å²) >= 11 is 3.26. The first kappa shape index (κ1) is 27.1. The lowest BCUT2D eigenvalue weighted by molar-refractivity contribution is 0.0768. The van der Waals surface area contributed by atoms with Gasteiger partial charge in [-0.3, -0.25) is 0 Å². The summed E-state index contributed by atoms with van der Waals surface area (Å²) in [6, 6.07) is 15.0. The fourth-order valence-corrected chi connectivity index (χ4v) is 5.46. The highest BCUT2D eigenvalue weighted by Crippen LogP contribution is 2.33. The van der Waals surface area contributed by atoms with Crippen LogP contribution >= 0.6 is 15.9 Å². The number of carbonyl (C=O) groups excluding carboxylic acids is 1. The predicted octanol–water partition coefficient (Wildman–Crippen LogP) is 4.75. The number of likely N-dealkylation sites (N-methyl/N-ethyl adjacent to an activating group) is 1. The van der Waals surface area contributed by atoms with Crippen molar-refractivity contribution in [2.24, 2.45) is 0 Å². The molecule has 2 saturated heterocycles. The maximum absolute atomic E-state index is 15.2. The molecule has 0 saturated carbocycles. The van der Waals surface area contributed by atoms with Crippen LogP contribution in [0.15, 0.2) is 46.9 Å². The van der Waals surface area contributed by atoms with Crippen molar-refractivity contribution in [3.63, 3.8) is 0 Å². The van der Waals surface area contributed by atoms with Gasteiger partial charge in [0.2, 0.25) is 0 Å². The molecule has 0 N–H and O–H groups in total. The molecule has 2 fully saturated rings. The van der Waals surface area contributed by atoms with E-state index in [0.717, 1.165) is 24.9 Å². The summed E-state index contributed by atoms with van der Waals surface area (Å²) in [5, 5.41) is 10.0. The molecule has 2 aliphatic rings. The Kier molecular flexibility index (Phi) is 8.43. The minimum absolute atomic E-state index is 0.108. The van der Waals surface area contributed by atoms with Gasteiger partial charge in [0.25, 0.3) is 0 Å². The van der Waals surface area contributed by atoms with Crippen molar-refractivity contribution in [3.05, 3.63) is 58.3 Å². The van der Waals surface area contributed by atoms with Gasteiger partial charge in [0.15, 0.2) is 5.82 Å². The number of aromatic nitrogens is 2. The first-order chi connectivity index (χ1) is 18.9. The van der Waals surface area contributed by atoms with Gasteiger partial charge in [0.1, 0.15) is 24.5 Å². The molecule has 0 spiro atoms. The number of likely N-dealkylation sites (tertiary alicyclic amines) is 1. The molecule has 0 aliphatic carbocycles. The summed E-state index contributed by atoms with van der Waals surface area (Å²) in [6.45, 7) is 2.67. The molecular formula is C28H30BrFN6O3. The van der Waals surface area contributed by atoms with Crippen LogP contribution in [0.2, 0.25) is 0 Å². The van der Waals surface area contributed by atoms with Gasteiger partial charge in [0.05, 0.1) is 23.0 Å². The second-order valence-corrected chi connectivity index (χ2v) is 10.7. The van der Waals surface area contributed by atoms with Crippen LogP contribution in [0, 0.1) is 17.1 Å². The third-order valence-electron chi connectivity index (χ3n) is 7.34. The fraction of sp³-hybridized carbons (Fsp3) is 0.429. The van der Waals surface area contributed by atoms with E-state index in [9.17, 15) is 10.1 Å². The van der Waals surface area contributed by atoms with Crippen LogP contribution < -0.4 is 9.64 Å². The molecule has 39 heavy (non-hydrogen) atoms. The van der Waals surface area contributed by atoms with E-state index in [2.05, 4.69) is 38.9 Å². The van der Waals surface area contributed by atoms with Crippen LogP contribution in [0.4, 0.5) is 15.0 Å². The Bertz CT molecular complexity index is 1370. The zero-order valence-electron chi connectivity index (χ0n) is 21.7. The van der Waals surface area contributed by atoms with E-state index >= 15 is 4.39 Å². The lowest BCUT2D eigenvalue weighted by atomic mass is 10.1. The van der Waals surface area contributed by atoms with Crippen molar-refractivity contribution in [1.82, 2.24) is 19.8 Å². The van der Waals surface area contributed by atoms with Crippen molar-refractivity contribution < 1.29 is 18.7 Å². The number of hydrogen-bond donors (Lipinski definition) is 0. The van der Waals surface area contributed by atoms with Gasteiger partial charge in [-0.05, 0) is 60.1 Å². The van der Waals surface area contributed by atoms with Crippen LogP contribution in [0.5, 0.6) is 6.01 Å². The molecule has 9 nitrogen and oxygen atoms in total. The average molecular weight is 597 g/mol. The maximum Gasteiger partial charge on any atom is 0.410 e. The molecule has 0 radical (unpaired) electrons. The number of carbonyl (C=O) groups is 1. The number of rotatable bonds is 7. The number of halogens is 2. The van der Waals surface area contributed by atoms with Crippen LogP contribution in [0.25, 0.3) is 10.9 Å². The van der Waals surface area contributed by atoms with Gasteiger partial charge in [-0.2, -0.15) is 15.2 Å². The number of amides is 1. The average Bonchev–Trinajstić information content (AvgIpc) is 3.37. The Labute approximate surface area is 235 Å². The van der Waals surface area contributed by atoms with Crippen molar-refractivity contribution in [2.75, 3.05) is 44.7 Å². The van der Waals surface area contributed by atoms with E-state index in [0.29, 0.717) is 41.9 Å². The Balaban J connectivity index is 1.37. The molecule has 1 amide bonds. The number of fused-ring (bicyclic) bond motifs is 1. The number of benzene rings is 2. The summed E-state index contributed by atoms with van der Waals surface area (Å²) in [6.07, 6.45) is 1.78. The van der Waals surface area contributed by atoms with Gasteiger partial charge in [-0.1, -0.05) is 30.3 Å². The largest absolute Gasteiger partial charge is 0.462 e. The summed E-state index contributed by atoms with van der Waals surface area (Å²) in [5.41, 5.74) is 1.05. The van der Waals surface area contributed by atoms with Gasteiger partial charge in [0, 0.05) is 31.1 Å². The molecule has 1 aromatic heterocycles. The van der Waals surface area contributed by atoms with Gasteiger partial charge in [-0.15, -0.1) is 0 Å². The van der Waals surface area contributed by atoms with Gasteiger partial charge < -0.3 is 24.2 Å². The number of nitrogens with zero attached hydrogens (tertiary/aromatic N) is 6. The topological polar surface area (TPSA) is 94.8 Å². The molecular weight excluding hydrogens is 567 g/mol. The zero-order chi connectivity index (χ0) is 27.4. The number of hydrogen-bond acceptors (Lipinski definition) is 8. The second-order valence-electron chi connectivity index (χ2n) is 9.87. The number of piperazine rings is 1. The first-order valence-electron chi connectivity index (χ1n) is 13.0. The molecule has 11 heteroatoms. The van der Waals surface area contributed by atoms with E-state index < -0.39 is 18.0 Å². The Morgan fingerprint density at radius 2 is 1.97 bits per heavy atom. The number of nitriles is 1.